The summed E-state index contributed by atoms with van der Waals surface area (Å²) in [6, 6.07) is 7.39. The molecule has 2 aromatic rings. The maximum absolute atomic E-state index is 13.6. The van der Waals surface area contributed by atoms with Crippen LogP contribution in [0.2, 0.25) is 0 Å². The van der Waals surface area contributed by atoms with E-state index in [4.69, 9.17) is 4.98 Å². The third kappa shape index (κ3) is 3.79. The fraction of sp³-hybridized carbons (Fsp3) is 0.500. The Morgan fingerprint density at radius 1 is 1.24 bits per heavy atom. The van der Waals surface area contributed by atoms with Gasteiger partial charge >= 0.3 is 0 Å². The number of hydrogen-bond acceptors (Lipinski definition) is 2. The number of hydrogen-bond donors (Lipinski definition) is 1. The fourth-order valence-corrected chi connectivity index (χ4v) is 2.23. The minimum Gasteiger partial charge on any atom is -0.310 e. The molecule has 1 N–H and O–H groups in total. The van der Waals surface area contributed by atoms with E-state index < -0.39 is 0 Å². The number of benzene rings is 1. The van der Waals surface area contributed by atoms with Crippen LogP contribution >= 0.6 is 0 Å². The van der Waals surface area contributed by atoms with Gasteiger partial charge in [0.1, 0.15) is 5.82 Å². The molecule has 3 heteroatoms. The number of rotatable bonds is 4. The molecule has 21 heavy (non-hydrogen) atoms. The van der Waals surface area contributed by atoms with Gasteiger partial charge in [0.15, 0.2) is 0 Å². The van der Waals surface area contributed by atoms with Crippen molar-refractivity contribution in [2.24, 2.45) is 0 Å². The molecular weight excluding hydrogens is 263 g/mol. The molecular formula is C18H25FN2. The normalized spacial score (nSPS) is 13.6. The van der Waals surface area contributed by atoms with Crippen LogP contribution in [0.15, 0.2) is 24.3 Å². The van der Waals surface area contributed by atoms with Crippen LogP contribution in [-0.4, -0.2) is 11.0 Å². The number of nitrogens with one attached hydrogen (secondary N) is 1. The highest BCUT2D eigenvalue weighted by Gasteiger charge is 2.18. The van der Waals surface area contributed by atoms with E-state index in [9.17, 15) is 4.39 Å². The zero-order valence-corrected chi connectivity index (χ0v) is 13.6. The van der Waals surface area contributed by atoms with Crippen molar-refractivity contribution in [3.05, 3.63) is 41.3 Å². The van der Waals surface area contributed by atoms with Gasteiger partial charge in [-0.1, -0.05) is 27.7 Å². The Morgan fingerprint density at radius 3 is 2.57 bits per heavy atom. The van der Waals surface area contributed by atoms with Gasteiger partial charge in [0.25, 0.3) is 0 Å². The van der Waals surface area contributed by atoms with Crippen molar-refractivity contribution in [2.75, 3.05) is 0 Å². The van der Waals surface area contributed by atoms with Crippen LogP contribution in [0.25, 0.3) is 10.9 Å². The van der Waals surface area contributed by atoms with Crippen molar-refractivity contribution in [3.63, 3.8) is 0 Å². The summed E-state index contributed by atoms with van der Waals surface area (Å²) in [7, 11) is 0. The molecule has 1 aromatic heterocycles. The number of halogens is 1. The molecule has 1 aromatic carbocycles. The molecule has 1 heterocycles. The van der Waals surface area contributed by atoms with Crippen molar-refractivity contribution in [1.82, 2.24) is 10.3 Å². The fourth-order valence-electron chi connectivity index (χ4n) is 2.23. The van der Waals surface area contributed by atoms with Gasteiger partial charge in [-0.2, -0.15) is 0 Å². The molecule has 2 nitrogen and oxygen atoms in total. The predicted molar refractivity (Wildman–Crippen MR) is 87.0 cm³/mol. The lowest BCUT2D eigenvalue weighted by Gasteiger charge is -2.21. The van der Waals surface area contributed by atoms with Crippen molar-refractivity contribution in [3.8, 4) is 0 Å². The number of pyridine rings is 1. The Balaban J connectivity index is 2.50. The molecule has 0 fully saturated rings. The third-order valence-corrected chi connectivity index (χ3v) is 3.88. The minimum atomic E-state index is -0.211. The van der Waals surface area contributed by atoms with Gasteiger partial charge in [-0.3, -0.25) is 4.98 Å². The highest BCUT2D eigenvalue weighted by molar-refractivity contribution is 5.82. The Morgan fingerprint density at radius 2 is 1.95 bits per heavy atom. The molecule has 0 bridgehead atoms. The molecule has 0 saturated heterocycles. The summed E-state index contributed by atoms with van der Waals surface area (Å²) < 4.78 is 13.6. The van der Waals surface area contributed by atoms with E-state index in [0.29, 0.717) is 6.04 Å². The van der Waals surface area contributed by atoms with Gasteiger partial charge in [0.2, 0.25) is 0 Å². The number of nitrogens with zero attached hydrogens (tertiary/aromatic N) is 1. The van der Waals surface area contributed by atoms with Crippen LogP contribution in [-0.2, 0) is 12.0 Å². The molecule has 2 rings (SSSR count). The summed E-state index contributed by atoms with van der Waals surface area (Å²) in [5.41, 5.74) is 3.00. The first-order chi connectivity index (χ1) is 9.81. The smallest absolute Gasteiger partial charge is 0.123 e. The summed E-state index contributed by atoms with van der Waals surface area (Å²) in [5, 5.41) is 4.39. The van der Waals surface area contributed by atoms with E-state index in [1.807, 2.05) is 0 Å². The lowest BCUT2D eigenvalue weighted by Crippen LogP contribution is -2.25. The van der Waals surface area contributed by atoms with E-state index in [-0.39, 0.29) is 11.2 Å². The molecule has 0 saturated carbocycles. The molecule has 0 aliphatic carbocycles. The van der Waals surface area contributed by atoms with E-state index in [0.717, 1.165) is 35.1 Å². The van der Waals surface area contributed by atoms with E-state index >= 15 is 0 Å². The van der Waals surface area contributed by atoms with E-state index in [2.05, 4.69) is 46.0 Å². The minimum absolute atomic E-state index is 0.0201. The maximum atomic E-state index is 13.6. The van der Waals surface area contributed by atoms with Gasteiger partial charge in [0.05, 0.1) is 5.52 Å². The monoisotopic (exact) mass is 288 g/mol. The van der Waals surface area contributed by atoms with E-state index in [1.54, 1.807) is 12.1 Å². The quantitative estimate of drug-likeness (QED) is 0.892. The molecule has 0 radical (unpaired) electrons. The summed E-state index contributed by atoms with van der Waals surface area (Å²) >= 11 is 0. The molecule has 114 valence electrons. The first kappa shape index (κ1) is 15.9. The number of aromatic nitrogens is 1. The van der Waals surface area contributed by atoms with Gasteiger partial charge in [-0.05, 0) is 43.2 Å². The summed E-state index contributed by atoms with van der Waals surface area (Å²) in [6.07, 6.45) is 1.07. The van der Waals surface area contributed by atoms with Crippen LogP contribution in [0.4, 0.5) is 4.39 Å². The van der Waals surface area contributed by atoms with Gasteiger partial charge in [0, 0.05) is 29.1 Å². The average Bonchev–Trinajstić information content (AvgIpc) is 2.43. The largest absolute Gasteiger partial charge is 0.310 e. The second kappa shape index (κ2) is 6.10. The summed E-state index contributed by atoms with van der Waals surface area (Å²) in [6.45, 7) is 11.5. The van der Waals surface area contributed by atoms with Crippen LogP contribution in [0.3, 0.4) is 0 Å². The molecule has 0 amide bonds. The average molecular weight is 288 g/mol. The Bertz CT molecular complexity index is 629. The lowest BCUT2D eigenvalue weighted by molar-refractivity contribution is 0.532. The summed E-state index contributed by atoms with van der Waals surface area (Å²) in [4.78, 5) is 4.70. The molecule has 0 aliphatic rings. The highest BCUT2D eigenvalue weighted by atomic mass is 19.1. The van der Waals surface area contributed by atoms with Crippen molar-refractivity contribution < 1.29 is 4.39 Å². The molecule has 1 unspecified atom stereocenters. The van der Waals surface area contributed by atoms with Gasteiger partial charge < -0.3 is 5.32 Å². The zero-order chi connectivity index (χ0) is 15.6. The van der Waals surface area contributed by atoms with Crippen LogP contribution < -0.4 is 5.32 Å². The van der Waals surface area contributed by atoms with Crippen LogP contribution in [0, 0.1) is 5.82 Å². The second-order valence-corrected chi connectivity index (χ2v) is 6.77. The first-order valence-electron chi connectivity index (χ1n) is 7.64. The third-order valence-electron chi connectivity index (χ3n) is 3.88. The Hall–Kier alpha value is -1.48. The lowest BCUT2D eigenvalue weighted by atomic mass is 9.89. The van der Waals surface area contributed by atoms with Crippen molar-refractivity contribution >= 4 is 10.9 Å². The molecule has 1 atom stereocenters. The topological polar surface area (TPSA) is 24.9 Å². The first-order valence-corrected chi connectivity index (χ1v) is 7.64. The van der Waals surface area contributed by atoms with Crippen LogP contribution in [0.5, 0.6) is 0 Å². The zero-order valence-electron chi connectivity index (χ0n) is 13.6. The molecule has 0 spiro atoms. The predicted octanol–water partition coefficient (Wildman–Crippen LogP) is 4.56. The van der Waals surface area contributed by atoms with Gasteiger partial charge in [-0.15, -0.1) is 0 Å². The van der Waals surface area contributed by atoms with E-state index in [1.165, 1.54) is 6.07 Å². The highest BCUT2D eigenvalue weighted by Crippen LogP contribution is 2.26. The van der Waals surface area contributed by atoms with Gasteiger partial charge in [-0.25, -0.2) is 4.39 Å². The second-order valence-electron chi connectivity index (χ2n) is 6.77. The summed E-state index contributed by atoms with van der Waals surface area (Å²) in [5.74, 6) is -0.211. The standard InChI is InChI=1S/C18H25FN2/c1-6-12(2)20-11-13-9-17(18(3,4)5)21-16-8-7-14(19)10-15(13)16/h7-10,12,20H,6,11H2,1-5H3. The van der Waals surface area contributed by atoms with Crippen molar-refractivity contribution in [2.45, 2.75) is 59.0 Å². The van der Waals surface area contributed by atoms with Crippen molar-refractivity contribution in [1.29, 1.82) is 0 Å². The SMILES string of the molecule is CCC(C)NCc1cc(C(C)(C)C)nc2ccc(F)cc12. The Labute approximate surface area is 126 Å². The van der Waals surface area contributed by atoms with Crippen LogP contribution in [0.1, 0.15) is 52.3 Å². The maximum Gasteiger partial charge on any atom is 0.123 e. The number of fused-ring (bicyclic) bond motifs is 1. The Kier molecular flexibility index (Phi) is 4.62. The molecule has 0 aliphatic heterocycles.